The molecule has 0 saturated heterocycles. The van der Waals surface area contributed by atoms with Crippen LogP contribution in [0.1, 0.15) is 66.0 Å². The van der Waals surface area contributed by atoms with Gasteiger partial charge >= 0.3 is 0 Å². The van der Waals surface area contributed by atoms with Crippen molar-refractivity contribution < 1.29 is 23.4 Å². The van der Waals surface area contributed by atoms with E-state index in [1.165, 1.54) is 0 Å². The van der Waals surface area contributed by atoms with Crippen molar-refractivity contribution in [2.24, 2.45) is 0 Å². The smallest absolute Gasteiger partial charge is 0.290 e. The van der Waals surface area contributed by atoms with Crippen molar-refractivity contribution in [3.05, 3.63) is 81.2 Å². The van der Waals surface area contributed by atoms with Crippen molar-refractivity contribution in [2.45, 2.75) is 53.2 Å². The van der Waals surface area contributed by atoms with Crippen molar-refractivity contribution in [2.75, 3.05) is 26.4 Å². The van der Waals surface area contributed by atoms with Gasteiger partial charge in [0, 0.05) is 13.2 Å². The number of hydrogen-bond acceptors (Lipinski definition) is 6. The zero-order valence-electron chi connectivity index (χ0n) is 22.3. The summed E-state index contributed by atoms with van der Waals surface area (Å²) in [6.45, 7) is 15.1. The molecule has 0 saturated carbocycles. The molecule has 2 heterocycles. The van der Waals surface area contributed by atoms with E-state index in [4.69, 9.17) is 18.6 Å². The first kappa shape index (κ1) is 26.5. The molecule has 37 heavy (non-hydrogen) atoms. The number of carbonyl (C=O) groups is 1. The Kier molecular flexibility index (Phi) is 8.03. The molecule has 196 valence electrons. The lowest BCUT2D eigenvalue weighted by molar-refractivity contribution is 0.0593. The fourth-order valence-corrected chi connectivity index (χ4v) is 4.84. The number of carbonyl (C=O) groups excluding carboxylic acids is 1. The Hall–Kier alpha value is -3.58. The standard InChI is InChI=1S/C30H35NO6/c1-7-13-36-23-11-10-21(17-24(23)34-8-2)26-25-27(32)22-16-19(5)15-20(6)28(22)37-29(25)30(33)31(26)12-9-14-35-18(3)4/h7,10-11,15-18,26H,1,8-9,12-14H2,2-6H3. The second-order valence-electron chi connectivity index (χ2n) is 9.55. The first-order chi connectivity index (χ1) is 17.8. The third-order valence-corrected chi connectivity index (χ3v) is 6.33. The largest absolute Gasteiger partial charge is 0.490 e. The summed E-state index contributed by atoms with van der Waals surface area (Å²) in [6, 6.07) is 8.69. The van der Waals surface area contributed by atoms with Crippen LogP contribution in [-0.2, 0) is 4.74 Å². The van der Waals surface area contributed by atoms with Crippen LogP contribution >= 0.6 is 0 Å². The summed E-state index contributed by atoms with van der Waals surface area (Å²) in [5.41, 5.74) is 3.16. The first-order valence-electron chi connectivity index (χ1n) is 12.8. The van der Waals surface area contributed by atoms with Gasteiger partial charge in [0.1, 0.15) is 12.2 Å². The molecular formula is C30H35NO6. The summed E-state index contributed by atoms with van der Waals surface area (Å²) in [6.07, 6.45) is 2.38. The fraction of sp³-hybridized carbons (Fsp3) is 0.400. The monoisotopic (exact) mass is 505 g/mol. The van der Waals surface area contributed by atoms with Crippen LogP contribution in [0.5, 0.6) is 11.5 Å². The molecule has 0 aliphatic carbocycles. The van der Waals surface area contributed by atoms with Crippen LogP contribution < -0.4 is 14.9 Å². The SMILES string of the molecule is C=CCOc1ccc(C2c3c(oc4c(C)cc(C)cc4c3=O)C(=O)N2CCCOC(C)C)cc1OCC. The summed E-state index contributed by atoms with van der Waals surface area (Å²) in [5.74, 6) is 0.920. The Morgan fingerprint density at radius 3 is 2.59 bits per heavy atom. The van der Waals surface area contributed by atoms with Crippen molar-refractivity contribution >= 4 is 16.9 Å². The third-order valence-electron chi connectivity index (χ3n) is 6.33. The molecule has 7 heteroatoms. The molecule has 1 unspecified atom stereocenters. The van der Waals surface area contributed by atoms with Gasteiger partial charge in [0.05, 0.1) is 29.7 Å². The average molecular weight is 506 g/mol. The predicted molar refractivity (Wildman–Crippen MR) is 144 cm³/mol. The average Bonchev–Trinajstić information content (AvgIpc) is 3.13. The molecule has 0 fully saturated rings. The molecule has 1 aliphatic heterocycles. The highest BCUT2D eigenvalue weighted by molar-refractivity contribution is 5.99. The zero-order valence-corrected chi connectivity index (χ0v) is 22.3. The van der Waals surface area contributed by atoms with Gasteiger partial charge in [0.25, 0.3) is 5.91 Å². The van der Waals surface area contributed by atoms with Crippen molar-refractivity contribution in [3.63, 3.8) is 0 Å². The lowest BCUT2D eigenvalue weighted by Gasteiger charge is -2.26. The predicted octanol–water partition coefficient (Wildman–Crippen LogP) is 5.73. The number of rotatable bonds is 11. The molecule has 4 rings (SSSR count). The number of amides is 1. The van der Waals surface area contributed by atoms with Gasteiger partial charge in [-0.25, -0.2) is 0 Å². The van der Waals surface area contributed by atoms with Crippen LogP contribution in [0.4, 0.5) is 0 Å². The topological polar surface area (TPSA) is 78.2 Å². The number of ether oxygens (including phenoxy) is 3. The van der Waals surface area contributed by atoms with E-state index >= 15 is 0 Å². The first-order valence-corrected chi connectivity index (χ1v) is 12.8. The second-order valence-corrected chi connectivity index (χ2v) is 9.55. The second kappa shape index (κ2) is 11.2. The van der Waals surface area contributed by atoms with Gasteiger partial charge in [-0.1, -0.05) is 24.8 Å². The molecule has 1 aliphatic rings. The van der Waals surface area contributed by atoms with Crippen LogP contribution in [0.2, 0.25) is 0 Å². The molecule has 7 nitrogen and oxygen atoms in total. The van der Waals surface area contributed by atoms with E-state index in [1.54, 1.807) is 11.0 Å². The minimum atomic E-state index is -0.615. The molecule has 1 atom stereocenters. The van der Waals surface area contributed by atoms with Crippen molar-refractivity contribution in [1.29, 1.82) is 0 Å². The lowest BCUT2D eigenvalue weighted by atomic mass is 9.97. The van der Waals surface area contributed by atoms with Gasteiger partial charge in [-0.2, -0.15) is 0 Å². The van der Waals surface area contributed by atoms with E-state index in [2.05, 4.69) is 6.58 Å². The van der Waals surface area contributed by atoms with Gasteiger partial charge in [0.15, 0.2) is 16.9 Å². The molecule has 1 amide bonds. The maximum atomic E-state index is 13.9. The molecule has 0 radical (unpaired) electrons. The van der Waals surface area contributed by atoms with Crippen LogP contribution in [-0.4, -0.2) is 43.3 Å². The Morgan fingerprint density at radius 2 is 1.89 bits per heavy atom. The van der Waals surface area contributed by atoms with Gasteiger partial charge in [-0.15, -0.1) is 0 Å². The highest BCUT2D eigenvalue weighted by atomic mass is 16.5. The van der Waals surface area contributed by atoms with Gasteiger partial charge in [-0.3, -0.25) is 9.59 Å². The van der Waals surface area contributed by atoms with Gasteiger partial charge < -0.3 is 23.5 Å². The highest BCUT2D eigenvalue weighted by Gasteiger charge is 2.43. The van der Waals surface area contributed by atoms with E-state index < -0.39 is 6.04 Å². The molecule has 2 aromatic carbocycles. The van der Waals surface area contributed by atoms with E-state index in [0.717, 1.165) is 16.7 Å². The zero-order chi connectivity index (χ0) is 26.7. The third kappa shape index (κ3) is 5.27. The fourth-order valence-electron chi connectivity index (χ4n) is 4.84. The molecule has 0 spiro atoms. The number of benzene rings is 2. The van der Waals surface area contributed by atoms with Crippen LogP contribution in [0, 0.1) is 13.8 Å². The van der Waals surface area contributed by atoms with Gasteiger partial charge in [0.2, 0.25) is 5.76 Å². The summed E-state index contributed by atoms with van der Waals surface area (Å²) in [5, 5.41) is 0.481. The lowest BCUT2D eigenvalue weighted by Crippen LogP contribution is -2.31. The van der Waals surface area contributed by atoms with Crippen LogP contribution in [0.15, 0.2) is 52.2 Å². The number of aryl methyl sites for hydroxylation is 2. The molecule has 0 bridgehead atoms. The molecule has 0 N–H and O–H groups in total. The summed E-state index contributed by atoms with van der Waals surface area (Å²) in [7, 11) is 0. The van der Waals surface area contributed by atoms with Crippen LogP contribution in [0.25, 0.3) is 11.0 Å². The van der Waals surface area contributed by atoms with E-state index in [0.29, 0.717) is 60.8 Å². The molecule has 1 aromatic heterocycles. The van der Waals surface area contributed by atoms with Gasteiger partial charge in [-0.05, 0) is 75.9 Å². The minimum Gasteiger partial charge on any atom is -0.490 e. The molecular weight excluding hydrogens is 470 g/mol. The Balaban J connectivity index is 1.86. The van der Waals surface area contributed by atoms with Crippen molar-refractivity contribution in [3.8, 4) is 11.5 Å². The van der Waals surface area contributed by atoms with Crippen LogP contribution in [0.3, 0.4) is 0 Å². The highest BCUT2D eigenvalue weighted by Crippen LogP contribution is 2.41. The van der Waals surface area contributed by atoms with E-state index in [1.807, 2.05) is 65.0 Å². The normalized spacial score (nSPS) is 14.9. The maximum absolute atomic E-state index is 13.9. The summed E-state index contributed by atoms with van der Waals surface area (Å²) in [4.78, 5) is 29.3. The number of hydrogen-bond donors (Lipinski definition) is 0. The summed E-state index contributed by atoms with van der Waals surface area (Å²) >= 11 is 0. The minimum absolute atomic E-state index is 0.0962. The summed E-state index contributed by atoms with van der Waals surface area (Å²) < 4.78 is 23.5. The quantitative estimate of drug-likeness (QED) is 0.245. The van der Waals surface area contributed by atoms with E-state index in [-0.39, 0.29) is 23.2 Å². The Labute approximate surface area is 217 Å². The maximum Gasteiger partial charge on any atom is 0.290 e. The van der Waals surface area contributed by atoms with Crippen molar-refractivity contribution in [1.82, 2.24) is 4.90 Å². The Morgan fingerprint density at radius 1 is 1.11 bits per heavy atom. The number of fused-ring (bicyclic) bond motifs is 2. The molecule has 3 aromatic rings. The van der Waals surface area contributed by atoms with E-state index in [9.17, 15) is 9.59 Å². The Bertz CT molecular complexity index is 1370. The number of nitrogens with zero attached hydrogens (tertiary/aromatic N) is 1.